The number of ether oxygens (including phenoxy) is 1. The number of rotatable bonds is 6. The number of thiocarbonyl (C=S) groups is 1. The fourth-order valence-electron chi connectivity index (χ4n) is 6.31. The van der Waals surface area contributed by atoms with Gasteiger partial charge in [0, 0.05) is 42.6 Å². The molecule has 2 fully saturated rings. The van der Waals surface area contributed by atoms with Gasteiger partial charge in [0.15, 0.2) is 5.11 Å². The van der Waals surface area contributed by atoms with E-state index in [0.717, 1.165) is 52.3 Å². The highest BCUT2D eigenvalue weighted by Gasteiger charge is 2.42. The molecule has 0 aliphatic carbocycles. The van der Waals surface area contributed by atoms with E-state index < -0.39 is 0 Å². The quantitative estimate of drug-likeness (QED) is 0.247. The van der Waals surface area contributed by atoms with Crippen molar-refractivity contribution < 1.29 is 4.74 Å². The van der Waals surface area contributed by atoms with E-state index in [1.54, 1.807) is 7.11 Å². The number of hydrogen-bond acceptors (Lipinski definition) is 4. The summed E-state index contributed by atoms with van der Waals surface area (Å²) < 4.78 is 7.59. The van der Waals surface area contributed by atoms with Gasteiger partial charge in [0.1, 0.15) is 11.8 Å². The Morgan fingerprint density at radius 2 is 1.70 bits per heavy atom. The van der Waals surface area contributed by atoms with Crippen LogP contribution in [0.1, 0.15) is 43.7 Å². The molecule has 4 aromatic rings. The highest BCUT2D eigenvalue weighted by Crippen LogP contribution is 2.44. The third-order valence-corrected chi connectivity index (χ3v) is 8.57. The van der Waals surface area contributed by atoms with Gasteiger partial charge < -0.3 is 24.4 Å². The summed E-state index contributed by atoms with van der Waals surface area (Å²) in [6, 6.07) is 24.4. The lowest BCUT2D eigenvalue weighted by molar-refractivity contribution is 0.357. The van der Waals surface area contributed by atoms with E-state index in [1.807, 2.05) is 36.5 Å². The maximum atomic E-state index is 7.00. The van der Waals surface area contributed by atoms with Gasteiger partial charge in [-0.3, -0.25) is 4.98 Å². The molecule has 0 saturated carbocycles. The molecule has 206 valence electrons. The number of anilines is 2. The van der Waals surface area contributed by atoms with Crippen LogP contribution in [0.3, 0.4) is 0 Å². The molecule has 2 saturated heterocycles. The topological polar surface area (TPSA) is 45.6 Å². The third kappa shape index (κ3) is 5.04. The number of nitrogens with zero attached hydrogens (tertiary/aromatic N) is 4. The summed E-state index contributed by atoms with van der Waals surface area (Å²) in [7, 11) is 1.68. The zero-order valence-electron chi connectivity index (χ0n) is 23.0. The lowest BCUT2D eigenvalue weighted by Gasteiger charge is -2.37. The first kappa shape index (κ1) is 26.7. The molecule has 6 rings (SSSR count). The summed E-state index contributed by atoms with van der Waals surface area (Å²) in [5.41, 5.74) is 5.10. The van der Waals surface area contributed by atoms with Crippen LogP contribution >= 0.6 is 23.8 Å². The van der Waals surface area contributed by atoms with Crippen LogP contribution in [0.25, 0.3) is 5.69 Å². The maximum absolute atomic E-state index is 7.00. The summed E-state index contributed by atoms with van der Waals surface area (Å²) >= 11 is 13.0. The van der Waals surface area contributed by atoms with Crippen molar-refractivity contribution in [2.45, 2.75) is 32.4 Å². The number of piperidine rings is 1. The maximum Gasteiger partial charge on any atom is 0.174 e. The number of benzene rings is 2. The molecule has 2 aromatic carbocycles. The number of hydrogen-bond donors (Lipinski definition) is 1. The molecule has 0 unspecified atom stereocenters. The standard InChI is InChI=1S/C32H34ClN5OS/c1-21-17-22(2)20-36(19-21)28-14-11-24(18-26(28)33)38-31(30(35-32(38)40)27-7-4-5-15-34-27)29-8-6-16-37(29)23-9-12-25(39-3)13-10-23/h4-16,18,21-22,30-31H,17,19-20H2,1-3H3,(H,35,40)/t21-,22+,30-,31-/m0/s1. The first-order valence-corrected chi connectivity index (χ1v) is 14.6. The van der Waals surface area contributed by atoms with Crippen LogP contribution in [0.2, 0.25) is 5.02 Å². The minimum absolute atomic E-state index is 0.150. The van der Waals surface area contributed by atoms with Gasteiger partial charge >= 0.3 is 0 Å². The molecule has 4 atom stereocenters. The summed E-state index contributed by atoms with van der Waals surface area (Å²) in [6.07, 6.45) is 5.17. The Balaban J connectivity index is 1.41. The van der Waals surface area contributed by atoms with Crippen LogP contribution in [0.15, 0.2) is 85.2 Å². The van der Waals surface area contributed by atoms with E-state index in [9.17, 15) is 0 Å². The Kier molecular flexibility index (Phi) is 7.43. The zero-order valence-corrected chi connectivity index (χ0v) is 24.6. The molecule has 0 amide bonds. The molecule has 6 nitrogen and oxygen atoms in total. The van der Waals surface area contributed by atoms with E-state index in [-0.39, 0.29) is 12.1 Å². The molecule has 2 aliphatic rings. The number of aromatic nitrogens is 2. The second-order valence-electron chi connectivity index (χ2n) is 11.0. The fourth-order valence-corrected chi connectivity index (χ4v) is 6.95. The van der Waals surface area contributed by atoms with Crippen LogP contribution in [0.5, 0.6) is 5.75 Å². The van der Waals surface area contributed by atoms with Crippen molar-refractivity contribution in [2.75, 3.05) is 30.0 Å². The predicted octanol–water partition coefficient (Wildman–Crippen LogP) is 7.19. The highest BCUT2D eigenvalue weighted by atomic mass is 35.5. The second kappa shape index (κ2) is 11.1. The smallest absolute Gasteiger partial charge is 0.174 e. The Labute approximate surface area is 246 Å². The Morgan fingerprint density at radius 1 is 0.950 bits per heavy atom. The monoisotopic (exact) mass is 571 g/mol. The molecule has 2 aliphatic heterocycles. The Morgan fingerprint density at radius 3 is 2.38 bits per heavy atom. The van der Waals surface area contributed by atoms with Crippen molar-refractivity contribution in [3.05, 3.63) is 102 Å². The first-order valence-electron chi connectivity index (χ1n) is 13.8. The third-order valence-electron chi connectivity index (χ3n) is 7.95. The van der Waals surface area contributed by atoms with Crippen LogP contribution < -0.4 is 19.9 Å². The molecular weight excluding hydrogens is 538 g/mol. The number of pyridine rings is 1. The number of halogens is 1. The van der Waals surface area contributed by atoms with Crippen LogP contribution in [0, 0.1) is 11.8 Å². The Hall–Kier alpha value is -3.55. The van der Waals surface area contributed by atoms with Gasteiger partial charge in [-0.15, -0.1) is 0 Å². The van der Waals surface area contributed by atoms with E-state index in [0.29, 0.717) is 16.9 Å². The number of methoxy groups -OCH3 is 1. The summed E-state index contributed by atoms with van der Waals surface area (Å²) in [6.45, 7) is 6.68. The summed E-state index contributed by atoms with van der Waals surface area (Å²) in [5.74, 6) is 2.11. The van der Waals surface area contributed by atoms with E-state index in [2.05, 4.69) is 82.2 Å². The highest BCUT2D eigenvalue weighted by molar-refractivity contribution is 7.80. The zero-order chi connectivity index (χ0) is 27.8. The van der Waals surface area contributed by atoms with Gasteiger partial charge in [-0.05, 0) is 97.2 Å². The molecule has 0 spiro atoms. The normalized spacial score (nSPS) is 22.9. The fraction of sp³-hybridized carbons (Fsp3) is 0.312. The van der Waals surface area contributed by atoms with Gasteiger partial charge in [0.2, 0.25) is 0 Å². The van der Waals surface area contributed by atoms with Crippen LogP contribution in [0.4, 0.5) is 11.4 Å². The summed E-state index contributed by atoms with van der Waals surface area (Å²) in [4.78, 5) is 9.31. The molecule has 0 bridgehead atoms. The second-order valence-corrected chi connectivity index (χ2v) is 11.8. The molecule has 8 heteroatoms. The average Bonchev–Trinajstić information content (AvgIpc) is 3.57. The largest absolute Gasteiger partial charge is 0.497 e. The van der Waals surface area contributed by atoms with Crippen LogP contribution in [-0.4, -0.2) is 34.9 Å². The van der Waals surface area contributed by atoms with Gasteiger partial charge in [-0.25, -0.2) is 0 Å². The van der Waals surface area contributed by atoms with Crippen molar-refractivity contribution >= 4 is 40.3 Å². The van der Waals surface area contributed by atoms with Crippen molar-refractivity contribution in [3.8, 4) is 11.4 Å². The van der Waals surface area contributed by atoms with E-state index in [1.165, 1.54) is 6.42 Å². The van der Waals surface area contributed by atoms with Gasteiger partial charge in [-0.2, -0.15) is 0 Å². The molecule has 0 radical (unpaired) electrons. The molecule has 1 N–H and O–H groups in total. The van der Waals surface area contributed by atoms with Crippen molar-refractivity contribution in [1.29, 1.82) is 0 Å². The SMILES string of the molecule is COc1ccc(-n2cccc2[C@H]2[C@H](c3ccccn3)NC(=S)N2c2ccc(N3C[C@H](C)C[C@H](C)C3)c(Cl)c2)cc1. The predicted molar refractivity (Wildman–Crippen MR) is 167 cm³/mol. The lowest BCUT2D eigenvalue weighted by Crippen LogP contribution is -2.38. The molecule has 4 heterocycles. The first-order chi connectivity index (χ1) is 19.4. The van der Waals surface area contributed by atoms with Gasteiger partial charge in [-0.1, -0.05) is 31.5 Å². The minimum Gasteiger partial charge on any atom is -0.497 e. The Bertz CT molecular complexity index is 1480. The molecular formula is C32H34ClN5OS. The lowest BCUT2D eigenvalue weighted by atomic mass is 9.91. The number of nitrogens with one attached hydrogen (secondary N) is 1. The molecule has 40 heavy (non-hydrogen) atoms. The van der Waals surface area contributed by atoms with Crippen molar-refractivity contribution in [1.82, 2.24) is 14.9 Å². The summed E-state index contributed by atoms with van der Waals surface area (Å²) in [5, 5.41) is 4.96. The minimum atomic E-state index is -0.156. The van der Waals surface area contributed by atoms with E-state index in [4.69, 9.17) is 33.5 Å². The van der Waals surface area contributed by atoms with Crippen molar-refractivity contribution in [2.24, 2.45) is 11.8 Å². The van der Waals surface area contributed by atoms with Gasteiger partial charge in [0.05, 0.1) is 29.6 Å². The molecule has 2 aromatic heterocycles. The van der Waals surface area contributed by atoms with E-state index >= 15 is 0 Å². The van der Waals surface area contributed by atoms with Crippen molar-refractivity contribution in [3.63, 3.8) is 0 Å². The average molecular weight is 572 g/mol. The van der Waals surface area contributed by atoms with Crippen LogP contribution in [-0.2, 0) is 0 Å². The van der Waals surface area contributed by atoms with Gasteiger partial charge in [0.25, 0.3) is 0 Å².